The van der Waals surface area contributed by atoms with Crippen molar-refractivity contribution in [2.45, 2.75) is 13.5 Å². The Morgan fingerprint density at radius 2 is 1.81 bits per heavy atom. The molecular formula is C27H21N5O5. The number of nitrogens with zero attached hydrogens (tertiary/aromatic N) is 5. The van der Waals surface area contributed by atoms with E-state index >= 15 is 0 Å². The zero-order valence-corrected chi connectivity index (χ0v) is 20.0. The van der Waals surface area contributed by atoms with Crippen LogP contribution in [0.4, 0.5) is 0 Å². The van der Waals surface area contributed by atoms with E-state index in [0.29, 0.717) is 28.2 Å². The molecule has 3 aromatic heterocycles. The minimum atomic E-state index is -0.746. The predicted molar refractivity (Wildman–Crippen MR) is 134 cm³/mol. The molecule has 0 N–H and O–H groups in total. The Morgan fingerprint density at radius 1 is 1.03 bits per heavy atom. The standard InChI is InChI=1S/C27H21N5O5/c1-17-20-12-6-7-13-21(20)28-22(24(17)27(34)35-2)16-37-26(33)23(15-19-11-8-14-36-19)32-25(29-30-31-32)18-9-4-3-5-10-18/h3-15H,16H2,1-2H3/b23-15-. The molecule has 5 rings (SSSR count). The van der Waals surface area contributed by atoms with Gasteiger partial charge >= 0.3 is 11.9 Å². The quantitative estimate of drug-likeness (QED) is 0.240. The van der Waals surface area contributed by atoms with Crippen LogP contribution in [0.25, 0.3) is 34.1 Å². The number of rotatable bonds is 7. The number of hydrogen-bond acceptors (Lipinski definition) is 9. The highest BCUT2D eigenvalue weighted by atomic mass is 16.5. The third kappa shape index (κ3) is 4.72. The lowest BCUT2D eigenvalue weighted by molar-refractivity contribution is -0.138. The molecule has 0 spiro atoms. The summed E-state index contributed by atoms with van der Waals surface area (Å²) in [6, 6.07) is 20.0. The van der Waals surface area contributed by atoms with Crippen molar-refractivity contribution in [1.29, 1.82) is 0 Å². The second-order valence-electron chi connectivity index (χ2n) is 7.97. The van der Waals surface area contributed by atoms with E-state index in [0.717, 1.165) is 5.39 Å². The van der Waals surface area contributed by atoms with Crippen LogP contribution < -0.4 is 0 Å². The Morgan fingerprint density at radius 3 is 2.57 bits per heavy atom. The molecule has 2 aromatic carbocycles. The molecule has 10 heteroatoms. The Balaban J connectivity index is 1.52. The maximum absolute atomic E-state index is 13.4. The number of pyridine rings is 1. The normalized spacial score (nSPS) is 11.5. The second kappa shape index (κ2) is 10.2. The van der Waals surface area contributed by atoms with Crippen molar-refractivity contribution in [2.75, 3.05) is 7.11 Å². The van der Waals surface area contributed by atoms with E-state index in [1.807, 2.05) is 54.6 Å². The summed E-state index contributed by atoms with van der Waals surface area (Å²) in [6.45, 7) is 1.52. The fraction of sp³-hybridized carbons (Fsp3) is 0.111. The highest BCUT2D eigenvalue weighted by Crippen LogP contribution is 2.26. The zero-order valence-electron chi connectivity index (χ0n) is 20.0. The summed E-state index contributed by atoms with van der Waals surface area (Å²) in [6.07, 6.45) is 2.96. The van der Waals surface area contributed by atoms with Crippen LogP contribution in [-0.2, 0) is 20.9 Å². The number of esters is 2. The largest absolute Gasteiger partial charge is 0.465 e. The van der Waals surface area contributed by atoms with Crippen molar-refractivity contribution in [3.63, 3.8) is 0 Å². The fourth-order valence-electron chi connectivity index (χ4n) is 3.96. The average molecular weight is 495 g/mol. The lowest BCUT2D eigenvalue weighted by Gasteiger charge is -2.14. The number of aromatic nitrogens is 5. The highest BCUT2D eigenvalue weighted by molar-refractivity contribution is 6.15. The van der Waals surface area contributed by atoms with Gasteiger partial charge in [-0.2, -0.15) is 4.68 Å². The van der Waals surface area contributed by atoms with Gasteiger partial charge in [0, 0.05) is 17.0 Å². The minimum Gasteiger partial charge on any atom is -0.465 e. The number of aryl methyl sites for hydroxylation is 1. The van der Waals surface area contributed by atoms with Gasteiger partial charge < -0.3 is 13.9 Å². The number of hydrogen-bond donors (Lipinski definition) is 0. The number of tetrazole rings is 1. The molecule has 0 amide bonds. The molecule has 0 aliphatic carbocycles. The summed E-state index contributed by atoms with van der Waals surface area (Å²) in [5.74, 6) is -0.578. The maximum atomic E-state index is 13.4. The molecule has 10 nitrogen and oxygen atoms in total. The summed E-state index contributed by atoms with van der Waals surface area (Å²) in [7, 11) is 1.29. The molecule has 0 saturated carbocycles. The van der Waals surface area contributed by atoms with Gasteiger partial charge in [-0.3, -0.25) is 0 Å². The van der Waals surface area contributed by atoms with Crippen molar-refractivity contribution in [1.82, 2.24) is 25.2 Å². The monoisotopic (exact) mass is 495 g/mol. The van der Waals surface area contributed by atoms with Crippen LogP contribution in [0.2, 0.25) is 0 Å². The van der Waals surface area contributed by atoms with Crippen molar-refractivity contribution < 1.29 is 23.5 Å². The van der Waals surface area contributed by atoms with E-state index < -0.39 is 11.9 Å². The van der Waals surface area contributed by atoms with Gasteiger partial charge in [-0.05, 0) is 41.1 Å². The molecule has 3 heterocycles. The van der Waals surface area contributed by atoms with Gasteiger partial charge in [0.25, 0.3) is 0 Å². The molecule has 0 saturated heterocycles. The SMILES string of the molecule is COC(=O)c1c(COC(=O)/C(=C/c2ccco2)n2nnnc2-c2ccccc2)nc2ccccc2c1C. The number of benzene rings is 2. The number of carbonyl (C=O) groups excluding carboxylic acids is 2. The molecule has 0 atom stereocenters. The van der Waals surface area contributed by atoms with Gasteiger partial charge in [-0.25, -0.2) is 14.6 Å². The Bertz CT molecular complexity index is 1610. The van der Waals surface area contributed by atoms with Crippen LogP contribution in [0.15, 0.2) is 77.4 Å². The van der Waals surface area contributed by atoms with Crippen LogP contribution in [0.3, 0.4) is 0 Å². The summed E-state index contributed by atoms with van der Waals surface area (Å²) in [5.41, 5.74) is 2.58. The number of para-hydroxylation sites is 1. The van der Waals surface area contributed by atoms with E-state index in [4.69, 9.17) is 13.9 Å². The molecule has 0 bridgehead atoms. The van der Waals surface area contributed by atoms with Crippen LogP contribution in [0.1, 0.15) is 27.4 Å². The Kier molecular flexibility index (Phi) is 6.54. The lowest BCUT2D eigenvalue weighted by Crippen LogP contribution is -2.17. The zero-order chi connectivity index (χ0) is 25.8. The minimum absolute atomic E-state index is 0.0101. The molecule has 0 fully saturated rings. The van der Waals surface area contributed by atoms with E-state index in [1.165, 1.54) is 24.1 Å². The molecular weight excluding hydrogens is 474 g/mol. The van der Waals surface area contributed by atoms with E-state index in [9.17, 15) is 9.59 Å². The van der Waals surface area contributed by atoms with Crippen LogP contribution >= 0.6 is 0 Å². The van der Waals surface area contributed by atoms with Crippen LogP contribution in [-0.4, -0.2) is 44.2 Å². The summed E-state index contributed by atoms with van der Waals surface area (Å²) in [4.78, 5) is 30.6. The van der Waals surface area contributed by atoms with Crippen molar-refractivity contribution in [3.05, 3.63) is 95.6 Å². The molecule has 37 heavy (non-hydrogen) atoms. The Hall–Kier alpha value is -5.12. The first-order chi connectivity index (χ1) is 18.1. The van der Waals surface area contributed by atoms with Gasteiger partial charge in [0.1, 0.15) is 12.4 Å². The predicted octanol–water partition coefficient (Wildman–Crippen LogP) is 4.32. The highest BCUT2D eigenvalue weighted by Gasteiger charge is 2.24. The van der Waals surface area contributed by atoms with Crippen molar-refractivity contribution in [2.24, 2.45) is 0 Å². The molecule has 0 aliphatic rings. The molecule has 0 unspecified atom stereocenters. The van der Waals surface area contributed by atoms with Gasteiger partial charge in [0.2, 0.25) is 0 Å². The number of methoxy groups -OCH3 is 1. The van der Waals surface area contributed by atoms with E-state index in [2.05, 4.69) is 20.5 Å². The Labute approximate surface area is 211 Å². The summed E-state index contributed by atoms with van der Waals surface area (Å²) < 4.78 is 17.3. The first-order valence-electron chi connectivity index (χ1n) is 11.3. The van der Waals surface area contributed by atoms with Gasteiger partial charge in [0.15, 0.2) is 11.5 Å². The van der Waals surface area contributed by atoms with Crippen molar-refractivity contribution >= 4 is 34.6 Å². The fourth-order valence-corrected chi connectivity index (χ4v) is 3.96. The van der Waals surface area contributed by atoms with Crippen LogP contribution in [0, 0.1) is 6.92 Å². The van der Waals surface area contributed by atoms with Crippen LogP contribution in [0.5, 0.6) is 0 Å². The lowest BCUT2D eigenvalue weighted by atomic mass is 10.0. The first kappa shape index (κ1) is 23.6. The molecule has 0 radical (unpaired) electrons. The smallest absolute Gasteiger partial charge is 0.357 e. The van der Waals surface area contributed by atoms with Gasteiger partial charge in [-0.1, -0.05) is 48.5 Å². The molecule has 0 aliphatic heterocycles. The third-order valence-corrected chi connectivity index (χ3v) is 5.72. The van der Waals surface area contributed by atoms with E-state index in [-0.39, 0.29) is 23.6 Å². The summed E-state index contributed by atoms with van der Waals surface area (Å²) in [5, 5.41) is 12.7. The number of fused-ring (bicyclic) bond motifs is 1. The summed E-state index contributed by atoms with van der Waals surface area (Å²) >= 11 is 0. The maximum Gasteiger partial charge on any atom is 0.357 e. The number of carbonyl (C=O) groups is 2. The van der Waals surface area contributed by atoms with Crippen molar-refractivity contribution in [3.8, 4) is 11.4 Å². The third-order valence-electron chi connectivity index (χ3n) is 5.72. The number of ether oxygens (including phenoxy) is 2. The van der Waals surface area contributed by atoms with E-state index in [1.54, 1.807) is 19.1 Å². The second-order valence-corrected chi connectivity index (χ2v) is 7.97. The first-order valence-corrected chi connectivity index (χ1v) is 11.3. The average Bonchev–Trinajstić information content (AvgIpc) is 3.63. The number of furan rings is 1. The van der Waals surface area contributed by atoms with Gasteiger partial charge in [-0.15, -0.1) is 5.10 Å². The molecule has 184 valence electrons. The van der Waals surface area contributed by atoms with Gasteiger partial charge in [0.05, 0.1) is 30.1 Å². The topological polar surface area (TPSA) is 122 Å². The molecule has 5 aromatic rings.